The van der Waals surface area contributed by atoms with Crippen molar-refractivity contribution in [2.45, 2.75) is 43.3 Å². The third-order valence-corrected chi connectivity index (χ3v) is 9.08. The number of halogens is 1. The van der Waals surface area contributed by atoms with Gasteiger partial charge in [0, 0.05) is 19.5 Å². The molecule has 0 N–H and O–H groups in total. The molecule has 2 amide bonds. The summed E-state index contributed by atoms with van der Waals surface area (Å²) < 4.78 is 0. The molecule has 5 heteroatoms. The molecule has 4 atom stereocenters. The van der Waals surface area contributed by atoms with Gasteiger partial charge in [-0.15, -0.1) is 0 Å². The Morgan fingerprint density at radius 1 is 0.889 bits per heavy atom. The Bertz CT molecular complexity index is 787. The van der Waals surface area contributed by atoms with Crippen molar-refractivity contribution in [2.24, 2.45) is 0 Å². The number of nitrogens with zero attached hydrogens (tertiary/aromatic N) is 2. The van der Waals surface area contributed by atoms with E-state index in [1.54, 1.807) is 0 Å². The van der Waals surface area contributed by atoms with Gasteiger partial charge in [-0.2, -0.15) is 0 Å². The zero-order chi connectivity index (χ0) is 17.5. The highest BCUT2D eigenvalue weighted by molar-refractivity contribution is 7.98. The maximum absolute atomic E-state index is 13.4. The predicted molar refractivity (Wildman–Crippen MR) is 107 cm³/mol. The molecule has 142 valence electrons. The van der Waals surface area contributed by atoms with Crippen molar-refractivity contribution in [3.05, 3.63) is 71.8 Å². The maximum Gasteiger partial charge on any atom is 0.321 e. The Hall–Kier alpha value is -1.46. The maximum atomic E-state index is 13.4. The highest BCUT2D eigenvalue weighted by atomic mass is 79.9. The van der Waals surface area contributed by atoms with Gasteiger partial charge in [0.05, 0.1) is 0 Å². The van der Waals surface area contributed by atoms with Gasteiger partial charge in [0.15, 0.2) is 0 Å². The smallest absolute Gasteiger partial charge is 0.321 e. The number of carbonyl (C=O) groups excluding carboxylic acids is 1. The number of amides is 2. The van der Waals surface area contributed by atoms with Gasteiger partial charge in [-0.25, -0.2) is 4.79 Å². The van der Waals surface area contributed by atoms with Gasteiger partial charge >= 0.3 is 6.03 Å². The van der Waals surface area contributed by atoms with E-state index in [0.29, 0.717) is 23.0 Å². The number of carbonyl (C=O) groups is 1. The van der Waals surface area contributed by atoms with Crippen molar-refractivity contribution < 1.29 is 21.8 Å². The Morgan fingerprint density at radius 2 is 1.48 bits per heavy atom. The molecule has 3 fully saturated rings. The average molecular weight is 445 g/mol. The van der Waals surface area contributed by atoms with Crippen LogP contribution in [-0.2, 0) is 24.0 Å². The molecule has 27 heavy (non-hydrogen) atoms. The molecule has 2 unspecified atom stereocenters. The quantitative estimate of drug-likeness (QED) is 0.501. The molecule has 2 aromatic carbocycles. The Morgan fingerprint density at radius 3 is 2.11 bits per heavy atom. The minimum Gasteiger partial charge on any atom is -1.00 e. The summed E-state index contributed by atoms with van der Waals surface area (Å²) in [5.41, 5.74) is 2.48. The van der Waals surface area contributed by atoms with Crippen LogP contribution >= 0.6 is 0 Å². The summed E-state index contributed by atoms with van der Waals surface area (Å²) >= 11 is 0. The number of fused-ring (bicyclic) bond motifs is 3. The highest BCUT2D eigenvalue weighted by Crippen LogP contribution is 2.43. The fourth-order valence-corrected chi connectivity index (χ4v) is 8.26. The van der Waals surface area contributed by atoms with E-state index < -0.39 is 0 Å². The summed E-state index contributed by atoms with van der Waals surface area (Å²) in [6.07, 6.45) is 2.66. The van der Waals surface area contributed by atoms with Gasteiger partial charge < -0.3 is 26.8 Å². The van der Waals surface area contributed by atoms with Crippen LogP contribution in [0, 0.1) is 0 Å². The Kier molecular flexibility index (Phi) is 5.51. The second-order valence-corrected chi connectivity index (χ2v) is 10.1. The van der Waals surface area contributed by atoms with Crippen LogP contribution in [0.25, 0.3) is 0 Å². The van der Waals surface area contributed by atoms with Crippen molar-refractivity contribution in [3.63, 3.8) is 0 Å². The minimum absolute atomic E-state index is 0. The first-order valence-electron chi connectivity index (χ1n) is 9.62. The van der Waals surface area contributed by atoms with Gasteiger partial charge in [0.1, 0.15) is 28.8 Å². The first-order valence-corrected chi connectivity index (χ1v) is 11.3. The van der Waals surface area contributed by atoms with Crippen LogP contribution in [0.2, 0.25) is 0 Å². The van der Waals surface area contributed by atoms with Crippen LogP contribution < -0.4 is 17.0 Å². The number of hydrogen-bond donors (Lipinski definition) is 0. The molecule has 0 saturated carbocycles. The summed E-state index contributed by atoms with van der Waals surface area (Å²) in [7, 11) is 0.515. The van der Waals surface area contributed by atoms with E-state index in [1.165, 1.54) is 35.5 Å². The van der Waals surface area contributed by atoms with Gasteiger partial charge in [-0.3, -0.25) is 0 Å². The monoisotopic (exact) mass is 444 g/mol. The number of rotatable bonds is 4. The lowest BCUT2D eigenvalue weighted by Crippen LogP contribution is -3.00. The summed E-state index contributed by atoms with van der Waals surface area (Å²) in [4.78, 5) is 17.7. The van der Waals surface area contributed by atoms with Gasteiger partial charge in [0.25, 0.3) is 0 Å². The fourth-order valence-electron chi connectivity index (χ4n) is 4.96. The lowest BCUT2D eigenvalue weighted by molar-refractivity contribution is -0.00000884. The number of hydrogen-bond acceptors (Lipinski definition) is 1. The minimum atomic E-state index is 0. The zero-order valence-electron chi connectivity index (χ0n) is 15.3. The van der Waals surface area contributed by atoms with Crippen molar-refractivity contribution >= 4 is 16.9 Å². The van der Waals surface area contributed by atoms with Crippen molar-refractivity contribution in [2.75, 3.05) is 11.5 Å². The molecule has 0 aliphatic carbocycles. The number of urea groups is 1. The Labute approximate surface area is 174 Å². The molecule has 0 aromatic heterocycles. The summed E-state index contributed by atoms with van der Waals surface area (Å²) in [5, 5.41) is 0.730. The van der Waals surface area contributed by atoms with Crippen LogP contribution in [0.5, 0.6) is 0 Å². The average Bonchev–Trinajstić information content (AvgIpc) is 3.32. The lowest BCUT2D eigenvalue weighted by Gasteiger charge is -2.24. The lowest BCUT2D eigenvalue weighted by atomic mass is 10.0. The molecule has 0 bridgehead atoms. The van der Waals surface area contributed by atoms with E-state index in [4.69, 9.17) is 0 Å². The molecule has 0 spiro atoms. The second kappa shape index (κ2) is 7.88. The van der Waals surface area contributed by atoms with Crippen LogP contribution in [0.1, 0.15) is 24.0 Å². The van der Waals surface area contributed by atoms with Gasteiger partial charge in [-0.05, 0) is 28.4 Å². The second-order valence-electron chi connectivity index (χ2n) is 7.66. The molecule has 3 nitrogen and oxygen atoms in total. The van der Waals surface area contributed by atoms with Crippen LogP contribution in [-0.4, -0.2) is 44.7 Å². The van der Waals surface area contributed by atoms with E-state index in [9.17, 15) is 4.79 Å². The predicted octanol–water partition coefficient (Wildman–Crippen LogP) is 0.660. The molecule has 3 aliphatic heterocycles. The van der Waals surface area contributed by atoms with Crippen LogP contribution in [0.4, 0.5) is 4.79 Å². The van der Waals surface area contributed by atoms with Crippen LogP contribution in [0.3, 0.4) is 0 Å². The van der Waals surface area contributed by atoms with E-state index >= 15 is 0 Å². The van der Waals surface area contributed by atoms with Gasteiger partial charge in [0.2, 0.25) is 0 Å². The highest BCUT2D eigenvalue weighted by Gasteiger charge is 2.62. The molecule has 2 aromatic rings. The normalized spacial score (nSPS) is 28.8. The molecule has 3 saturated heterocycles. The fraction of sp³-hybridized carbons (Fsp3) is 0.409. The summed E-state index contributed by atoms with van der Waals surface area (Å²) in [5.74, 6) is 2.60. The first-order chi connectivity index (χ1) is 12.8. The molecule has 3 heterocycles. The standard InChI is InChI=1S/C22H25N2OS.BrH/c25-22-23(14-17-8-3-1-4-9-17)19-16-26-13-7-12-20(26)21(19)24(22)15-18-10-5-2-6-11-18;/h1-6,8-11,19-21H,7,12-16H2;1H/q+1;/p-1/t19-,20?,21-,26?;/m0./s1. The van der Waals surface area contributed by atoms with E-state index in [0.717, 1.165) is 18.3 Å². The third kappa shape index (κ3) is 3.40. The summed E-state index contributed by atoms with van der Waals surface area (Å²) in [6.45, 7) is 1.50. The summed E-state index contributed by atoms with van der Waals surface area (Å²) in [6, 6.07) is 22.0. The van der Waals surface area contributed by atoms with Crippen molar-refractivity contribution in [3.8, 4) is 0 Å². The van der Waals surface area contributed by atoms with E-state index in [1.807, 2.05) is 12.1 Å². The largest absolute Gasteiger partial charge is 1.00 e. The topological polar surface area (TPSA) is 23.6 Å². The molecule has 0 radical (unpaired) electrons. The zero-order valence-corrected chi connectivity index (χ0v) is 17.7. The van der Waals surface area contributed by atoms with E-state index in [2.05, 4.69) is 58.3 Å². The van der Waals surface area contributed by atoms with Crippen LogP contribution in [0.15, 0.2) is 60.7 Å². The Balaban J connectivity index is 0.00000180. The van der Waals surface area contributed by atoms with E-state index in [-0.39, 0.29) is 23.0 Å². The van der Waals surface area contributed by atoms with Crippen molar-refractivity contribution in [1.82, 2.24) is 9.80 Å². The molecular formula is C22H25BrN2OS. The first kappa shape index (κ1) is 18.9. The van der Waals surface area contributed by atoms with Crippen molar-refractivity contribution in [1.29, 1.82) is 0 Å². The molecule has 3 aliphatic rings. The SMILES string of the molecule is O=C1N(Cc2ccccc2)[C@@H]2C3CCC[S+]3C[C@@H]2N1Cc1ccccc1.[Br-]. The third-order valence-electron chi connectivity index (χ3n) is 6.13. The van der Waals surface area contributed by atoms with Gasteiger partial charge in [-0.1, -0.05) is 60.7 Å². The number of benzene rings is 2. The molecule has 5 rings (SSSR count). The molecular weight excluding hydrogens is 420 g/mol.